The lowest BCUT2D eigenvalue weighted by atomic mass is 10.1. The predicted octanol–water partition coefficient (Wildman–Crippen LogP) is 3.24. The van der Waals surface area contributed by atoms with Gasteiger partial charge >= 0.3 is 0 Å². The minimum absolute atomic E-state index is 0.0172. The molecule has 0 spiro atoms. The minimum atomic E-state index is -0.217. The standard InChI is InChI=1S/C21H23FN2O2/c22-18-11-3-1-7-16(18)10-6-14-23-20(25)15-24-19-12-4-2-8-17(19)9-5-13-21(24)26/h1-4,7-8,11-12H,5-6,9-10,13-15H2,(H,23,25). The van der Waals surface area contributed by atoms with E-state index in [1.54, 1.807) is 23.1 Å². The average Bonchev–Trinajstić information content (AvgIpc) is 2.79. The Kier molecular flexibility index (Phi) is 6.00. The monoisotopic (exact) mass is 354 g/mol. The van der Waals surface area contributed by atoms with Gasteiger partial charge in [0, 0.05) is 18.7 Å². The number of benzene rings is 2. The van der Waals surface area contributed by atoms with Crippen LogP contribution in [0.2, 0.25) is 0 Å². The van der Waals surface area contributed by atoms with Crippen molar-refractivity contribution >= 4 is 17.5 Å². The highest BCUT2D eigenvalue weighted by molar-refractivity contribution is 5.99. The summed E-state index contributed by atoms with van der Waals surface area (Å²) in [5, 5.41) is 2.84. The molecule has 1 heterocycles. The number of aryl methyl sites for hydroxylation is 2. The zero-order valence-electron chi connectivity index (χ0n) is 14.7. The molecule has 136 valence electrons. The van der Waals surface area contributed by atoms with Crippen molar-refractivity contribution in [1.29, 1.82) is 0 Å². The first-order valence-electron chi connectivity index (χ1n) is 9.03. The van der Waals surface area contributed by atoms with E-state index >= 15 is 0 Å². The molecule has 2 aromatic rings. The van der Waals surface area contributed by atoms with Crippen molar-refractivity contribution in [1.82, 2.24) is 5.32 Å². The maximum Gasteiger partial charge on any atom is 0.240 e. The third-order valence-electron chi connectivity index (χ3n) is 4.62. The van der Waals surface area contributed by atoms with E-state index in [9.17, 15) is 14.0 Å². The summed E-state index contributed by atoms with van der Waals surface area (Å²) in [6.07, 6.45) is 3.32. The van der Waals surface area contributed by atoms with Crippen LogP contribution >= 0.6 is 0 Å². The van der Waals surface area contributed by atoms with Gasteiger partial charge in [-0.25, -0.2) is 4.39 Å². The van der Waals surface area contributed by atoms with Crippen LogP contribution in [0.5, 0.6) is 0 Å². The smallest absolute Gasteiger partial charge is 0.240 e. The van der Waals surface area contributed by atoms with Crippen molar-refractivity contribution in [3.8, 4) is 0 Å². The van der Waals surface area contributed by atoms with Gasteiger partial charge in [-0.05, 0) is 48.9 Å². The van der Waals surface area contributed by atoms with Gasteiger partial charge in [0.2, 0.25) is 11.8 Å². The third-order valence-corrected chi connectivity index (χ3v) is 4.62. The number of rotatable bonds is 6. The molecule has 0 aliphatic carbocycles. The first-order chi connectivity index (χ1) is 12.6. The summed E-state index contributed by atoms with van der Waals surface area (Å²) >= 11 is 0. The normalized spacial score (nSPS) is 13.9. The minimum Gasteiger partial charge on any atom is -0.355 e. The summed E-state index contributed by atoms with van der Waals surface area (Å²) in [6, 6.07) is 14.4. The van der Waals surface area contributed by atoms with E-state index in [1.165, 1.54) is 6.07 Å². The number of halogens is 1. The Hall–Kier alpha value is -2.69. The van der Waals surface area contributed by atoms with Gasteiger partial charge in [0.1, 0.15) is 12.4 Å². The third kappa shape index (κ3) is 4.48. The highest BCUT2D eigenvalue weighted by Gasteiger charge is 2.23. The molecule has 3 rings (SSSR count). The summed E-state index contributed by atoms with van der Waals surface area (Å²) in [5.74, 6) is -0.425. The van der Waals surface area contributed by atoms with Crippen molar-refractivity contribution in [2.45, 2.75) is 32.1 Å². The Morgan fingerprint density at radius 2 is 1.85 bits per heavy atom. The maximum absolute atomic E-state index is 13.6. The molecular formula is C21H23FN2O2. The van der Waals surface area contributed by atoms with E-state index in [2.05, 4.69) is 5.32 Å². The fourth-order valence-electron chi connectivity index (χ4n) is 3.27. The summed E-state index contributed by atoms with van der Waals surface area (Å²) in [7, 11) is 0. The first kappa shape index (κ1) is 18.1. The number of anilines is 1. The van der Waals surface area contributed by atoms with E-state index < -0.39 is 0 Å². The number of amides is 2. The molecule has 0 unspecified atom stereocenters. The maximum atomic E-state index is 13.6. The molecule has 0 aromatic heterocycles. The van der Waals surface area contributed by atoms with Gasteiger partial charge < -0.3 is 10.2 Å². The fraction of sp³-hybridized carbons (Fsp3) is 0.333. The number of hydrogen-bond donors (Lipinski definition) is 1. The Morgan fingerprint density at radius 3 is 2.69 bits per heavy atom. The Bertz CT molecular complexity index is 791. The summed E-state index contributed by atoms with van der Waals surface area (Å²) in [6.45, 7) is 0.479. The van der Waals surface area contributed by atoms with Crippen LogP contribution in [0.4, 0.5) is 10.1 Å². The van der Waals surface area contributed by atoms with E-state index in [-0.39, 0.29) is 24.2 Å². The molecule has 0 fully saturated rings. The number of para-hydroxylation sites is 1. The van der Waals surface area contributed by atoms with Gasteiger partial charge in [0.05, 0.1) is 0 Å². The van der Waals surface area contributed by atoms with Crippen LogP contribution in [-0.4, -0.2) is 24.9 Å². The Labute approximate surface area is 153 Å². The van der Waals surface area contributed by atoms with Crippen LogP contribution < -0.4 is 10.2 Å². The summed E-state index contributed by atoms with van der Waals surface area (Å²) in [5.41, 5.74) is 2.58. The second-order valence-electron chi connectivity index (χ2n) is 6.51. The molecule has 0 radical (unpaired) electrons. The number of nitrogens with one attached hydrogen (secondary N) is 1. The van der Waals surface area contributed by atoms with Gasteiger partial charge in [0.15, 0.2) is 0 Å². The van der Waals surface area contributed by atoms with Crippen LogP contribution in [0.25, 0.3) is 0 Å². The number of carbonyl (C=O) groups is 2. The lowest BCUT2D eigenvalue weighted by Gasteiger charge is -2.22. The van der Waals surface area contributed by atoms with Gasteiger partial charge in [-0.15, -0.1) is 0 Å². The highest BCUT2D eigenvalue weighted by atomic mass is 19.1. The van der Waals surface area contributed by atoms with Crippen LogP contribution in [-0.2, 0) is 22.4 Å². The lowest BCUT2D eigenvalue weighted by molar-refractivity contribution is -0.123. The average molecular weight is 354 g/mol. The highest BCUT2D eigenvalue weighted by Crippen LogP contribution is 2.26. The molecule has 0 bridgehead atoms. The number of nitrogens with zero attached hydrogens (tertiary/aromatic N) is 1. The van der Waals surface area contributed by atoms with Gasteiger partial charge in [-0.2, -0.15) is 0 Å². The molecule has 5 heteroatoms. The van der Waals surface area contributed by atoms with Crippen LogP contribution in [0.15, 0.2) is 48.5 Å². The Balaban J connectivity index is 1.53. The largest absolute Gasteiger partial charge is 0.355 e. The SMILES string of the molecule is O=C(CN1C(=O)CCCc2ccccc21)NCCCc1ccccc1F. The number of hydrogen-bond acceptors (Lipinski definition) is 2. The zero-order valence-corrected chi connectivity index (χ0v) is 14.7. The summed E-state index contributed by atoms with van der Waals surface area (Å²) in [4.78, 5) is 26.2. The molecule has 1 N–H and O–H groups in total. The number of carbonyl (C=O) groups excluding carboxylic acids is 2. The molecule has 4 nitrogen and oxygen atoms in total. The molecule has 1 aliphatic heterocycles. The van der Waals surface area contributed by atoms with Gasteiger partial charge in [-0.1, -0.05) is 36.4 Å². The molecule has 0 saturated heterocycles. The molecule has 2 amide bonds. The molecule has 2 aromatic carbocycles. The van der Waals surface area contributed by atoms with E-state index in [4.69, 9.17) is 0 Å². The topological polar surface area (TPSA) is 49.4 Å². The van der Waals surface area contributed by atoms with E-state index in [1.807, 2.05) is 24.3 Å². The van der Waals surface area contributed by atoms with Gasteiger partial charge in [-0.3, -0.25) is 9.59 Å². The van der Waals surface area contributed by atoms with E-state index in [0.717, 1.165) is 24.1 Å². The van der Waals surface area contributed by atoms with Crippen molar-refractivity contribution in [2.24, 2.45) is 0 Å². The Morgan fingerprint density at radius 1 is 1.08 bits per heavy atom. The fourth-order valence-corrected chi connectivity index (χ4v) is 3.27. The van der Waals surface area contributed by atoms with Crippen molar-refractivity contribution in [3.63, 3.8) is 0 Å². The summed E-state index contributed by atoms with van der Waals surface area (Å²) < 4.78 is 13.6. The first-order valence-corrected chi connectivity index (χ1v) is 9.03. The quantitative estimate of drug-likeness (QED) is 0.810. The molecule has 0 saturated carbocycles. The van der Waals surface area contributed by atoms with Crippen LogP contribution in [0.1, 0.15) is 30.4 Å². The van der Waals surface area contributed by atoms with E-state index in [0.29, 0.717) is 31.4 Å². The predicted molar refractivity (Wildman–Crippen MR) is 99.5 cm³/mol. The zero-order chi connectivity index (χ0) is 18.4. The number of fused-ring (bicyclic) bond motifs is 1. The van der Waals surface area contributed by atoms with Crippen molar-refractivity contribution < 1.29 is 14.0 Å². The van der Waals surface area contributed by atoms with Gasteiger partial charge in [0.25, 0.3) is 0 Å². The molecule has 0 atom stereocenters. The molecule has 26 heavy (non-hydrogen) atoms. The second kappa shape index (κ2) is 8.61. The lowest BCUT2D eigenvalue weighted by Crippen LogP contribution is -2.41. The van der Waals surface area contributed by atoms with Crippen molar-refractivity contribution in [3.05, 3.63) is 65.5 Å². The van der Waals surface area contributed by atoms with Crippen LogP contribution in [0.3, 0.4) is 0 Å². The second-order valence-corrected chi connectivity index (χ2v) is 6.51. The molecular weight excluding hydrogens is 331 g/mol. The van der Waals surface area contributed by atoms with Crippen molar-refractivity contribution in [2.75, 3.05) is 18.0 Å². The van der Waals surface area contributed by atoms with Crippen LogP contribution in [0, 0.1) is 5.82 Å². The molecule has 1 aliphatic rings.